The highest BCUT2D eigenvalue weighted by Crippen LogP contribution is 2.31. The number of hydrogen-bond donors (Lipinski definition) is 0. The van der Waals surface area contributed by atoms with Gasteiger partial charge < -0.3 is 9.32 Å². The van der Waals surface area contributed by atoms with Gasteiger partial charge in [0.1, 0.15) is 11.5 Å². The molecule has 1 amide bonds. The molecule has 2 aromatic heterocycles. The molecule has 1 aliphatic rings. The molecule has 5 heteroatoms. The highest BCUT2D eigenvalue weighted by atomic mass is 32.2. The predicted molar refractivity (Wildman–Crippen MR) is 87.9 cm³/mol. The van der Waals surface area contributed by atoms with Crippen LogP contribution in [0.15, 0.2) is 33.4 Å². The van der Waals surface area contributed by atoms with Crippen LogP contribution in [0.4, 0.5) is 0 Å². The molecule has 1 unspecified atom stereocenters. The number of aryl methyl sites for hydroxylation is 2. The molecule has 0 aromatic carbocycles. The second-order valence-corrected chi connectivity index (χ2v) is 7.19. The summed E-state index contributed by atoms with van der Waals surface area (Å²) >= 11 is 3.58. The molecule has 0 aliphatic carbocycles. The van der Waals surface area contributed by atoms with E-state index in [1.807, 2.05) is 35.7 Å². The number of furan rings is 1. The lowest BCUT2D eigenvalue weighted by molar-refractivity contribution is -0.133. The molecule has 1 saturated heterocycles. The zero-order chi connectivity index (χ0) is 14.7. The van der Waals surface area contributed by atoms with Crippen molar-refractivity contribution in [2.45, 2.75) is 25.8 Å². The minimum Gasteiger partial charge on any atom is -0.464 e. The molecule has 0 radical (unpaired) electrons. The molecule has 0 saturated carbocycles. The van der Waals surface area contributed by atoms with Gasteiger partial charge in [-0.3, -0.25) is 4.79 Å². The Labute approximate surface area is 133 Å². The van der Waals surface area contributed by atoms with Gasteiger partial charge in [0.2, 0.25) is 5.91 Å². The van der Waals surface area contributed by atoms with Gasteiger partial charge in [-0.25, -0.2) is 0 Å². The van der Waals surface area contributed by atoms with E-state index in [0.29, 0.717) is 6.42 Å². The van der Waals surface area contributed by atoms with Crippen LogP contribution in [0.5, 0.6) is 0 Å². The van der Waals surface area contributed by atoms with Crippen LogP contribution in [-0.2, 0) is 11.2 Å². The molecule has 1 fully saturated rings. The lowest BCUT2D eigenvalue weighted by atomic mass is 10.1. The van der Waals surface area contributed by atoms with Gasteiger partial charge in [-0.05, 0) is 47.9 Å². The normalized spacial score (nSPS) is 18.9. The SMILES string of the molecule is Cc1ccc(C2CSCCN2C(=O)CCc2ccsc2)o1. The maximum Gasteiger partial charge on any atom is 0.223 e. The lowest BCUT2D eigenvalue weighted by Crippen LogP contribution is -2.40. The highest BCUT2D eigenvalue weighted by molar-refractivity contribution is 7.99. The smallest absolute Gasteiger partial charge is 0.223 e. The van der Waals surface area contributed by atoms with Gasteiger partial charge >= 0.3 is 0 Å². The first-order chi connectivity index (χ1) is 10.2. The minimum atomic E-state index is 0.0902. The van der Waals surface area contributed by atoms with Crippen LogP contribution in [0, 0.1) is 6.92 Å². The third-order valence-corrected chi connectivity index (χ3v) is 5.50. The summed E-state index contributed by atoms with van der Waals surface area (Å²) in [5, 5.41) is 4.18. The Balaban J connectivity index is 1.67. The van der Waals surface area contributed by atoms with E-state index >= 15 is 0 Å². The fourth-order valence-electron chi connectivity index (χ4n) is 2.60. The third-order valence-electron chi connectivity index (χ3n) is 3.75. The van der Waals surface area contributed by atoms with Crippen molar-refractivity contribution in [2.75, 3.05) is 18.1 Å². The summed E-state index contributed by atoms with van der Waals surface area (Å²) in [5.41, 5.74) is 1.25. The molecular weight excluding hydrogens is 302 g/mol. The molecule has 3 heterocycles. The standard InChI is InChI=1S/C16H19NO2S2/c1-12-2-4-15(19-12)14-11-21-9-7-17(14)16(18)5-3-13-6-8-20-10-13/h2,4,6,8,10,14H,3,5,7,9,11H2,1H3. The van der Waals surface area contributed by atoms with Gasteiger partial charge in [-0.15, -0.1) is 0 Å². The van der Waals surface area contributed by atoms with E-state index in [-0.39, 0.29) is 11.9 Å². The van der Waals surface area contributed by atoms with E-state index in [4.69, 9.17) is 4.42 Å². The van der Waals surface area contributed by atoms with Crippen LogP contribution in [0.1, 0.15) is 29.5 Å². The van der Waals surface area contributed by atoms with Crippen LogP contribution < -0.4 is 0 Å². The maximum atomic E-state index is 12.6. The quantitative estimate of drug-likeness (QED) is 0.856. The third kappa shape index (κ3) is 3.52. The molecule has 0 bridgehead atoms. The van der Waals surface area contributed by atoms with E-state index in [1.54, 1.807) is 11.3 Å². The number of amides is 1. The van der Waals surface area contributed by atoms with Gasteiger partial charge in [0, 0.05) is 24.5 Å². The van der Waals surface area contributed by atoms with Crippen LogP contribution in [-0.4, -0.2) is 28.9 Å². The summed E-state index contributed by atoms with van der Waals surface area (Å²) in [7, 11) is 0. The van der Waals surface area contributed by atoms with Gasteiger partial charge in [-0.2, -0.15) is 23.1 Å². The summed E-state index contributed by atoms with van der Waals surface area (Å²) in [5.74, 6) is 4.01. The average Bonchev–Trinajstić information content (AvgIpc) is 3.16. The van der Waals surface area contributed by atoms with Crippen molar-refractivity contribution in [3.63, 3.8) is 0 Å². The lowest BCUT2D eigenvalue weighted by Gasteiger charge is -2.34. The molecule has 2 aromatic rings. The van der Waals surface area contributed by atoms with Gasteiger partial charge in [0.25, 0.3) is 0 Å². The van der Waals surface area contributed by atoms with Crippen LogP contribution in [0.2, 0.25) is 0 Å². The van der Waals surface area contributed by atoms with E-state index in [2.05, 4.69) is 16.8 Å². The number of carbonyl (C=O) groups excluding carboxylic acids is 1. The van der Waals surface area contributed by atoms with Crippen molar-refractivity contribution in [1.29, 1.82) is 0 Å². The first-order valence-corrected chi connectivity index (χ1v) is 9.28. The van der Waals surface area contributed by atoms with Crippen LogP contribution in [0.25, 0.3) is 0 Å². The van der Waals surface area contributed by atoms with E-state index in [0.717, 1.165) is 36.0 Å². The zero-order valence-corrected chi connectivity index (χ0v) is 13.7. The van der Waals surface area contributed by atoms with Crippen molar-refractivity contribution in [1.82, 2.24) is 4.90 Å². The molecular formula is C16H19NO2S2. The highest BCUT2D eigenvalue weighted by Gasteiger charge is 2.30. The van der Waals surface area contributed by atoms with Crippen molar-refractivity contribution in [3.8, 4) is 0 Å². The first kappa shape index (κ1) is 14.7. The topological polar surface area (TPSA) is 33.5 Å². The van der Waals surface area contributed by atoms with Crippen LogP contribution in [0.3, 0.4) is 0 Å². The summed E-state index contributed by atoms with van der Waals surface area (Å²) in [4.78, 5) is 14.6. The number of carbonyl (C=O) groups is 1. The van der Waals surface area contributed by atoms with Gasteiger partial charge in [0.05, 0.1) is 6.04 Å². The number of nitrogens with zero attached hydrogens (tertiary/aromatic N) is 1. The summed E-state index contributed by atoms with van der Waals surface area (Å²) < 4.78 is 5.75. The molecule has 112 valence electrons. The molecule has 1 atom stereocenters. The van der Waals surface area contributed by atoms with Crippen molar-refractivity contribution < 1.29 is 9.21 Å². The molecule has 0 N–H and O–H groups in total. The van der Waals surface area contributed by atoms with E-state index in [9.17, 15) is 4.79 Å². The molecule has 21 heavy (non-hydrogen) atoms. The molecule has 3 nitrogen and oxygen atoms in total. The summed E-state index contributed by atoms with van der Waals surface area (Å²) in [6.07, 6.45) is 1.41. The maximum absolute atomic E-state index is 12.6. The minimum absolute atomic E-state index is 0.0902. The first-order valence-electron chi connectivity index (χ1n) is 7.18. The van der Waals surface area contributed by atoms with E-state index in [1.165, 1.54) is 5.56 Å². The Morgan fingerprint density at radius 3 is 3.05 bits per heavy atom. The molecule has 3 rings (SSSR count). The Morgan fingerprint density at radius 2 is 2.33 bits per heavy atom. The fourth-order valence-corrected chi connectivity index (χ4v) is 4.36. The average molecular weight is 321 g/mol. The van der Waals surface area contributed by atoms with Crippen LogP contribution >= 0.6 is 23.1 Å². The number of hydrogen-bond acceptors (Lipinski definition) is 4. The fraction of sp³-hybridized carbons (Fsp3) is 0.438. The molecule has 1 aliphatic heterocycles. The Hall–Kier alpha value is -1.20. The number of rotatable bonds is 4. The van der Waals surface area contributed by atoms with Crippen molar-refractivity contribution >= 4 is 29.0 Å². The predicted octanol–water partition coefficient (Wildman–Crippen LogP) is 3.90. The van der Waals surface area contributed by atoms with E-state index < -0.39 is 0 Å². The van der Waals surface area contributed by atoms with Crippen molar-refractivity contribution in [2.24, 2.45) is 0 Å². The van der Waals surface area contributed by atoms with Crippen molar-refractivity contribution in [3.05, 3.63) is 46.0 Å². The summed E-state index contributed by atoms with van der Waals surface area (Å²) in [6.45, 7) is 2.76. The van der Waals surface area contributed by atoms with Gasteiger partial charge in [0.15, 0.2) is 0 Å². The number of thiophene rings is 1. The molecule has 0 spiro atoms. The zero-order valence-electron chi connectivity index (χ0n) is 12.1. The second-order valence-electron chi connectivity index (χ2n) is 5.26. The Bertz CT molecular complexity index is 591. The monoisotopic (exact) mass is 321 g/mol. The van der Waals surface area contributed by atoms with Gasteiger partial charge in [-0.1, -0.05) is 0 Å². The largest absolute Gasteiger partial charge is 0.464 e. The Morgan fingerprint density at radius 1 is 1.43 bits per heavy atom. The number of thioether (sulfide) groups is 1. The second kappa shape index (κ2) is 6.71. The summed E-state index contributed by atoms with van der Waals surface area (Å²) in [6, 6.07) is 6.16. The Kier molecular flexibility index (Phi) is 4.70.